The number of hydrogen-bond acceptors (Lipinski definition) is 1. The zero-order valence-corrected chi connectivity index (χ0v) is 4.79. The van der Waals surface area contributed by atoms with Gasteiger partial charge in [-0.2, -0.15) is 0 Å². The van der Waals surface area contributed by atoms with Crippen LogP contribution in [0.2, 0.25) is 0 Å². The van der Waals surface area contributed by atoms with Crippen molar-refractivity contribution in [2.24, 2.45) is 0 Å². The summed E-state index contributed by atoms with van der Waals surface area (Å²) in [4.78, 5) is 1.56. The molecule has 1 heterocycles. The summed E-state index contributed by atoms with van der Waals surface area (Å²) in [6.45, 7) is 0. The Balaban J connectivity index is 2.71. The summed E-state index contributed by atoms with van der Waals surface area (Å²) < 4.78 is 0. The lowest BCUT2D eigenvalue weighted by Gasteiger charge is -1.87. The van der Waals surface area contributed by atoms with E-state index in [9.17, 15) is 0 Å². The molecule has 1 aliphatic carbocycles. The smallest absolute Gasteiger partial charge is 0.00513 e. The van der Waals surface area contributed by atoms with Crippen molar-refractivity contribution in [1.82, 2.24) is 0 Å². The molecular formula is C6H6S. The van der Waals surface area contributed by atoms with Crippen molar-refractivity contribution in [3.8, 4) is 0 Å². The maximum Gasteiger partial charge on any atom is 0.00513 e. The summed E-state index contributed by atoms with van der Waals surface area (Å²) in [5.41, 5.74) is 1.54. The summed E-state index contributed by atoms with van der Waals surface area (Å²) in [6, 6.07) is 2.30. The number of thiophene rings is 1. The molecule has 1 aromatic rings. The quantitative estimate of drug-likeness (QED) is 0.478. The van der Waals surface area contributed by atoms with Gasteiger partial charge in [0, 0.05) is 4.88 Å². The minimum absolute atomic E-state index is 1.31. The lowest BCUT2D eigenvalue weighted by molar-refractivity contribution is 1.04. The van der Waals surface area contributed by atoms with Gasteiger partial charge < -0.3 is 0 Å². The SMILES string of the molecule is c1sc2cc1CC2. The average molecular weight is 110 g/mol. The molecular weight excluding hydrogens is 104 g/mol. The van der Waals surface area contributed by atoms with Crippen molar-refractivity contribution >= 4 is 11.3 Å². The molecule has 0 spiro atoms. The average Bonchev–Trinajstić information content (AvgIpc) is 2.22. The Morgan fingerprint density at radius 1 is 1.43 bits per heavy atom. The van der Waals surface area contributed by atoms with Crippen molar-refractivity contribution in [2.45, 2.75) is 12.8 Å². The second-order valence-electron chi connectivity index (χ2n) is 1.92. The Morgan fingerprint density at radius 3 is 2.57 bits per heavy atom. The van der Waals surface area contributed by atoms with Crippen molar-refractivity contribution in [2.75, 3.05) is 0 Å². The molecule has 36 valence electrons. The molecule has 1 aliphatic rings. The number of aryl methyl sites for hydroxylation is 2. The van der Waals surface area contributed by atoms with E-state index in [4.69, 9.17) is 0 Å². The van der Waals surface area contributed by atoms with E-state index in [1.807, 2.05) is 11.3 Å². The third kappa shape index (κ3) is 0.416. The van der Waals surface area contributed by atoms with Crippen LogP contribution in [0.15, 0.2) is 11.4 Å². The van der Waals surface area contributed by atoms with Gasteiger partial charge in [0.25, 0.3) is 0 Å². The van der Waals surface area contributed by atoms with Gasteiger partial charge in [-0.25, -0.2) is 0 Å². The van der Waals surface area contributed by atoms with E-state index >= 15 is 0 Å². The highest BCUT2D eigenvalue weighted by atomic mass is 32.1. The maximum absolute atomic E-state index is 2.30. The molecule has 0 aliphatic heterocycles. The van der Waals surface area contributed by atoms with E-state index in [0.29, 0.717) is 0 Å². The lowest BCUT2D eigenvalue weighted by Crippen LogP contribution is -1.77. The van der Waals surface area contributed by atoms with Crippen molar-refractivity contribution in [3.05, 3.63) is 21.9 Å². The van der Waals surface area contributed by atoms with Crippen LogP contribution < -0.4 is 0 Å². The van der Waals surface area contributed by atoms with E-state index in [1.54, 1.807) is 10.4 Å². The van der Waals surface area contributed by atoms with Crippen LogP contribution in [0.25, 0.3) is 0 Å². The number of fused-ring (bicyclic) bond motifs is 2. The first-order valence-corrected chi connectivity index (χ1v) is 3.39. The van der Waals surface area contributed by atoms with E-state index in [1.165, 1.54) is 12.8 Å². The Hall–Kier alpha value is -0.300. The van der Waals surface area contributed by atoms with E-state index in [2.05, 4.69) is 11.4 Å². The first kappa shape index (κ1) is 3.67. The Kier molecular flexibility index (Phi) is 0.577. The molecule has 1 aromatic heterocycles. The predicted octanol–water partition coefficient (Wildman–Crippen LogP) is 1.85. The predicted molar refractivity (Wildman–Crippen MR) is 31.7 cm³/mol. The molecule has 0 fully saturated rings. The summed E-state index contributed by atoms with van der Waals surface area (Å²) in [5.74, 6) is 0. The summed E-state index contributed by atoms with van der Waals surface area (Å²) in [6.07, 6.45) is 2.62. The normalized spacial score (nSPS) is 15.4. The third-order valence-electron chi connectivity index (χ3n) is 1.37. The fraction of sp³-hybridized carbons (Fsp3) is 0.333. The Bertz CT molecular complexity index is 158. The van der Waals surface area contributed by atoms with Crippen LogP contribution in [0, 0.1) is 0 Å². The molecule has 0 atom stereocenters. The summed E-state index contributed by atoms with van der Waals surface area (Å²) >= 11 is 1.89. The molecule has 0 saturated carbocycles. The zero-order chi connectivity index (χ0) is 4.69. The van der Waals surface area contributed by atoms with Gasteiger partial charge in [-0.1, -0.05) is 0 Å². The van der Waals surface area contributed by atoms with Crippen molar-refractivity contribution in [1.29, 1.82) is 0 Å². The van der Waals surface area contributed by atoms with Crippen LogP contribution in [-0.2, 0) is 12.8 Å². The fourth-order valence-corrected chi connectivity index (χ4v) is 1.88. The van der Waals surface area contributed by atoms with Gasteiger partial charge in [-0.05, 0) is 29.9 Å². The second-order valence-corrected chi connectivity index (χ2v) is 2.92. The molecule has 2 bridgehead atoms. The van der Waals surface area contributed by atoms with Crippen molar-refractivity contribution < 1.29 is 0 Å². The molecule has 7 heavy (non-hydrogen) atoms. The van der Waals surface area contributed by atoms with Gasteiger partial charge >= 0.3 is 0 Å². The maximum atomic E-state index is 2.30. The Morgan fingerprint density at radius 2 is 2.43 bits per heavy atom. The van der Waals surface area contributed by atoms with Crippen molar-refractivity contribution in [3.63, 3.8) is 0 Å². The molecule has 0 N–H and O–H groups in total. The largest absolute Gasteiger partial charge is 0.149 e. The topological polar surface area (TPSA) is 0 Å². The van der Waals surface area contributed by atoms with Gasteiger partial charge in [0.1, 0.15) is 0 Å². The van der Waals surface area contributed by atoms with E-state index < -0.39 is 0 Å². The second kappa shape index (κ2) is 1.10. The minimum Gasteiger partial charge on any atom is -0.149 e. The molecule has 0 nitrogen and oxygen atoms in total. The Labute approximate surface area is 46.8 Å². The molecule has 1 heteroatoms. The van der Waals surface area contributed by atoms with Crippen LogP contribution in [0.4, 0.5) is 0 Å². The lowest BCUT2D eigenvalue weighted by atomic mass is 10.3. The molecule has 0 amide bonds. The van der Waals surface area contributed by atoms with Crippen LogP contribution in [0.3, 0.4) is 0 Å². The fourth-order valence-electron chi connectivity index (χ4n) is 0.956. The minimum atomic E-state index is 1.31. The molecule has 0 saturated heterocycles. The molecule has 0 radical (unpaired) electrons. The van der Waals surface area contributed by atoms with Gasteiger partial charge in [0.15, 0.2) is 0 Å². The van der Waals surface area contributed by atoms with Gasteiger partial charge in [-0.3, -0.25) is 0 Å². The van der Waals surface area contributed by atoms with Crippen LogP contribution in [0.1, 0.15) is 10.4 Å². The third-order valence-corrected chi connectivity index (χ3v) is 2.41. The van der Waals surface area contributed by atoms with Crippen LogP contribution in [-0.4, -0.2) is 0 Å². The standard InChI is InChI=1S/C6H6S/c1-2-6-3-5(1)4-7-6/h3-4H,1-2H2. The highest BCUT2D eigenvalue weighted by molar-refractivity contribution is 7.10. The first-order chi connectivity index (χ1) is 3.45. The van der Waals surface area contributed by atoms with Gasteiger partial charge in [0.2, 0.25) is 0 Å². The highest BCUT2D eigenvalue weighted by Crippen LogP contribution is 2.23. The highest BCUT2D eigenvalue weighted by Gasteiger charge is 2.06. The first-order valence-electron chi connectivity index (χ1n) is 2.51. The molecule has 0 unspecified atom stereocenters. The summed E-state index contributed by atoms with van der Waals surface area (Å²) in [5, 5.41) is 2.25. The van der Waals surface area contributed by atoms with Crippen LogP contribution >= 0.6 is 11.3 Å². The zero-order valence-electron chi connectivity index (χ0n) is 3.98. The van der Waals surface area contributed by atoms with E-state index in [0.717, 1.165) is 0 Å². The monoisotopic (exact) mass is 110 g/mol. The van der Waals surface area contributed by atoms with Gasteiger partial charge in [-0.15, -0.1) is 11.3 Å². The molecule has 2 rings (SSSR count). The number of hydrogen-bond donors (Lipinski definition) is 0. The van der Waals surface area contributed by atoms with Crippen LogP contribution in [0.5, 0.6) is 0 Å². The van der Waals surface area contributed by atoms with Gasteiger partial charge in [0.05, 0.1) is 0 Å². The van der Waals surface area contributed by atoms with E-state index in [-0.39, 0.29) is 0 Å². The molecule has 0 aromatic carbocycles. The summed E-state index contributed by atoms with van der Waals surface area (Å²) in [7, 11) is 0. The number of rotatable bonds is 0.